The van der Waals surface area contributed by atoms with Crippen molar-refractivity contribution in [3.63, 3.8) is 0 Å². The maximum absolute atomic E-state index is 12.4. The number of aromatic nitrogens is 2. The van der Waals surface area contributed by atoms with Gasteiger partial charge in [-0.3, -0.25) is 4.90 Å². The highest BCUT2D eigenvalue weighted by molar-refractivity contribution is 7.15. The largest absolute Gasteiger partial charge is 0.366 e. The van der Waals surface area contributed by atoms with Crippen molar-refractivity contribution >= 4 is 27.8 Å². The first-order chi connectivity index (χ1) is 8.25. The predicted octanol–water partition coefficient (Wildman–Crippen LogP) is 3.00. The SMILES string of the molecule is FC(F)c1nnc(N2CNc3ccccc32)s1. The number of anilines is 3. The van der Waals surface area contributed by atoms with Gasteiger partial charge in [0.25, 0.3) is 6.43 Å². The standard InChI is InChI=1S/C10H8F2N4S/c11-8(12)9-14-15-10(17-9)16-5-13-6-3-1-2-4-7(6)16/h1-4,8,13H,5H2. The van der Waals surface area contributed by atoms with Crippen LogP contribution >= 0.6 is 11.3 Å². The van der Waals surface area contributed by atoms with Gasteiger partial charge in [0.05, 0.1) is 18.0 Å². The number of nitrogens with one attached hydrogen (secondary N) is 1. The molecule has 7 heteroatoms. The molecule has 0 aliphatic carbocycles. The number of rotatable bonds is 2. The Morgan fingerprint density at radius 2 is 2.12 bits per heavy atom. The van der Waals surface area contributed by atoms with Crippen LogP contribution in [0.25, 0.3) is 0 Å². The molecule has 0 atom stereocenters. The molecule has 2 heterocycles. The number of benzene rings is 1. The number of fused-ring (bicyclic) bond motifs is 1. The van der Waals surface area contributed by atoms with E-state index < -0.39 is 6.43 Å². The van der Waals surface area contributed by atoms with Gasteiger partial charge in [0.1, 0.15) is 0 Å². The summed E-state index contributed by atoms with van der Waals surface area (Å²) in [6, 6.07) is 7.66. The monoisotopic (exact) mass is 254 g/mol. The first-order valence-electron chi connectivity index (χ1n) is 4.97. The van der Waals surface area contributed by atoms with E-state index in [-0.39, 0.29) is 5.01 Å². The summed E-state index contributed by atoms with van der Waals surface area (Å²) < 4.78 is 24.9. The van der Waals surface area contributed by atoms with Crippen LogP contribution in [0.2, 0.25) is 0 Å². The third-order valence-corrected chi connectivity index (χ3v) is 3.42. The second kappa shape index (κ2) is 3.92. The molecule has 1 aliphatic heterocycles. The minimum Gasteiger partial charge on any atom is -0.366 e. The van der Waals surface area contributed by atoms with E-state index in [0.717, 1.165) is 22.7 Å². The fraction of sp³-hybridized carbons (Fsp3) is 0.200. The quantitative estimate of drug-likeness (QED) is 0.894. The summed E-state index contributed by atoms with van der Waals surface area (Å²) in [6.45, 7) is 0.525. The minimum absolute atomic E-state index is 0.246. The van der Waals surface area contributed by atoms with Crippen LogP contribution in [0.1, 0.15) is 11.4 Å². The van der Waals surface area contributed by atoms with E-state index in [1.165, 1.54) is 0 Å². The number of halogens is 2. The molecule has 0 amide bonds. The van der Waals surface area contributed by atoms with Crippen LogP contribution in [0.4, 0.5) is 25.3 Å². The molecule has 0 saturated heterocycles. The Bertz CT molecular complexity index is 543. The van der Waals surface area contributed by atoms with E-state index in [4.69, 9.17) is 0 Å². The van der Waals surface area contributed by atoms with E-state index in [9.17, 15) is 8.78 Å². The maximum atomic E-state index is 12.4. The second-order valence-corrected chi connectivity index (χ2v) is 4.49. The van der Waals surface area contributed by atoms with Crippen molar-refractivity contribution in [2.45, 2.75) is 6.43 Å². The van der Waals surface area contributed by atoms with Crippen LogP contribution in [0.5, 0.6) is 0 Å². The van der Waals surface area contributed by atoms with Crippen molar-refractivity contribution in [1.82, 2.24) is 10.2 Å². The van der Waals surface area contributed by atoms with E-state index >= 15 is 0 Å². The smallest absolute Gasteiger partial charge is 0.291 e. The summed E-state index contributed by atoms with van der Waals surface area (Å²) in [5, 5.41) is 10.7. The summed E-state index contributed by atoms with van der Waals surface area (Å²) in [4.78, 5) is 1.83. The summed E-state index contributed by atoms with van der Waals surface area (Å²) in [5.41, 5.74) is 1.91. The third-order valence-electron chi connectivity index (χ3n) is 2.47. The van der Waals surface area contributed by atoms with Gasteiger partial charge < -0.3 is 5.32 Å². The Morgan fingerprint density at radius 3 is 2.88 bits per heavy atom. The minimum atomic E-state index is -2.56. The van der Waals surface area contributed by atoms with Crippen molar-refractivity contribution in [3.05, 3.63) is 29.3 Å². The third kappa shape index (κ3) is 1.72. The highest BCUT2D eigenvalue weighted by atomic mass is 32.1. The van der Waals surface area contributed by atoms with Crippen LogP contribution in [0.3, 0.4) is 0 Å². The van der Waals surface area contributed by atoms with Gasteiger partial charge in [-0.2, -0.15) is 0 Å². The maximum Gasteiger partial charge on any atom is 0.291 e. The number of alkyl halides is 2. The zero-order chi connectivity index (χ0) is 11.8. The molecule has 1 aromatic heterocycles. The van der Waals surface area contributed by atoms with Gasteiger partial charge in [-0.1, -0.05) is 23.5 Å². The summed E-state index contributed by atoms with van der Waals surface area (Å²) in [7, 11) is 0. The van der Waals surface area contributed by atoms with Crippen LogP contribution in [0, 0.1) is 0 Å². The van der Waals surface area contributed by atoms with E-state index in [1.54, 1.807) is 0 Å². The molecular weight excluding hydrogens is 246 g/mol. The topological polar surface area (TPSA) is 41.1 Å². The van der Waals surface area contributed by atoms with Crippen LogP contribution in [0.15, 0.2) is 24.3 Å². The molecule has 17 heavy (non-hydrogen) atoms. The average Bonchev–Trinajstić information content (AvgIpc) is 2.95. The van der Waals surface area contributed by atoms with Crippen molar-refractivity contribution in [3.8, 4) is 0 Å². The first kappa shape index (κ1) is 10.4. The zero-order valence-electron chi connectivity index (χ0n) is 8.60. The zero-order valence-corrected chi connectivity index (χ0v) is 9.42. The molecule has 1 N–H and O–H groups in total. The molecule has 0 fully saturated rings. The molecule has 0 saturated carbocycles. The lowest BCUT2D eigenvalue weighted by atomic mass is 10.3. The van der Waals surface area contributed by atoms with Crippen LogP contribution in [-0.4, -0.2) is 16.9 Å². The molecule has 2 aromatic rings. The second-order valence-electron chi connectivity index (χ2n) is 3.50. The van der Waals surface area contributed by atoms with Crippen molar-refractivity contribution < 1.29 is 8.78 Å². The van der Waals surface area contributed by atoms with Gasteiger partial charge in [0.15, 0.2) is 5.01 Å². The van der Waals surface area contributed by atoms with Crippen molar-refractivity contribution in [1.29, 1.82) is 0 Å². The molecule has 1 aromatic carbocycles. The lowest BCUT2D eigenvalue weighted by molar-refractivity contribution is 0.150. The van der Waals surface area contributed by atoms with Crippen LogP contribution in [-0.2, 0) is 0 Å². The molecule has 0 radical (unpaired) electrons. The highest BCUT2D eigenvalue weighted by Crippen LogP contribution is 2.38. The molecule has 0 spiro atoms. The first-order valence-corrected chi connectivity index (χ1v) is 5.79. The number of para-hydroxylation sites is 2. The Kier molecular flexibility index (Phi) is 2.40. The molecular formula is C10H8F2N4S. The molecule has 88 valence electrons. The Balaban J connectivity index is 1.95. The Morgan fingerprint density at radius 1 is 1.29 bits per heavy atom. The molecule has 1 aliphatic rings. The van der Waals surface area contributed by atoms with Gasteiger partial charge in [-0.15, -0.1) is 10.2 Å². The van der Waals surface area contributed by atoms with E-state index in [0.29, 0.717) is 11.8 Å². The van der Waals surface area contributed by atoms with Crippen LogP contribution < -0.4 is 10.2 Å². The van der Waals surface area contributed by atoms with Gasteiger partial charge in [0.2, 0.25) is 5.13 Å². The number of hydrogen-bond donors (Lipinski definition) is 1. The molecule has 0 unspecified atom stereocenters. The highest BCUT2D eigenvalue weighted by Gasteiger charge is 2.24. The predicted molar refractivity (Wildman–Crippen MR) is 61.9 cm³/mol. The fourth-order valence-electron chi connectivity index (χ4n) is 1.70. The molecule has 0 bridgehead atoms. The fourth-order valence-corrected chi connectivity index (χ4v) is 2.41. The lowest BCUT2D eigenvalue weighted by Gasteiger charge is -2.12. The molecule has 3 rings (SSSR count). The van der Waals surface area contributed by atoms with E-state index in [1.807, 2.05) is 29.2 Å². The van der Waals surface area contributed by atoms with Gasteiger partial charge in [-0.05, 0) is 12.1 Å². The summed E-state index contributed by atoms with van der Waals surface area (Å²) >= 11 is 0.916. The Labute approximate surface area is 99.9 Å². The number of nitrogens with zero attached hydrogens (tertiary/aromatic N) is 3. The number of hydrogen-bond acceptors (Lipinski definition) is 5. The summed E-state index contributed by atoms with van der Waals surface area (Å²) in [5.74, 6) is 0. The molecule has 4 nitrogen and oxygen atoms in total. The summed E-state index contributed by atoms with van der Waals surface area (Å²) in [6.07, 6.45) is -2.56. The average molecular weight is 254 g/mol. The van der Waals surface area contributed by atoms with Gasteiger partial charge in [-0.25, -0.2) is 8.78 Å². The van der Waals surface area contributed by atoms with Gasteiger partial charge >= 0.3 is 0 Å². The van der Waals surface area contributed by atoms with E-state index in [2.05, 4.69) is 15.5 Å². The Hall–Kier alpha value is -1.76. The van der Waals surface area contributed by atoms with Crippen molar-refractivity contribution in [2.24, 2.45) is 0 Å². The van der Waals surface area contributed by atoms with Crippen molar-refractivity contribution in [2.75, 3.05) is 16.9 Å². The lowest BCUT2D eigenvalue weighted by Crippen LogP contribution is -2.16. The normalized spacial score (nSPS) is 13.9. The van der Waals surface area contributed by atoms with Gasteiger partial charge in [0, 0.05) is 0 Å².